The van der Waals surface area contributed by atoms with E-state index in [1.807, 2.05) is 21.1 Å². The molecule has 0 aromatic carbocycles. The summed E-state index contributed by atoms with van der Waals surface area (Å²) in [6, 6.07) is 0. The van der Waals surface area contributed by atoms with Crippen molar-refractivity contribution in [2.45, 2.75) is 187 Å². The molecule has 11 nitrogen and oxygen atoms in total. The van der Waals surface area contributed by atoms with Gasteiger partial charge in [0.15, 0.2) is 6.10 Å². The Morgan fingerprint density at radius 3 is 2.04 bits per heavy atom. The Labute approximate surface area is 339 Å². The monoisotopic (exact) mass is 813 g/mol. The molecular weight excluding hydrogens is 733 g/mol. The maximum absolute atomic E-state index is 12.8. The predicted molar refractivity (Wildman–Crippen MR) is 223 cm³/mol. The molecule has 2 rings (SSSR count). The molecule has 324 valence electrons. The van der Waals surface area contributed by atoms with Gasteiger partial charge in [-0.2, -0.15) is 0 Å². The molecule has 1 saturated heterocycles. The highest BCUT2D eigenvalue weighted by Crippen LogP contribution is 2.43. The van der Waals surface area contributed by atoms with Gasteiger partial charge in [0.1, 0.15) is 31.3 Å². The lowest BCUT2D eigenvalue weighted by Gasteiger charge is -2.24. The van der Waals surface area contributed by atoms with Gasteiger partial charge in [-0.25, -0.2) is 4.57 Å². The Morgan fingerprint density at radius 2 is 1.38 bits per heavy atom. The summed E-state index contributed by atoms with van der Waals surface area (Å²) >= 11 is 0. The van der Waals surface area contributed by atoms with Crippen LogP contribution in [0.3, 0.4) is 0 Å². The molecule has 56 heavy (non-hydrogen) atoms. The zero-order valence-corrected chi connectivity index (χ0v) is 37.2. The van der Waals surface area contributed by atoms with Crippen molar-refractivity contribution < 1.29 is 51.2 Å². The van der Waals surface area contributed by atoms with E-state index in [-0.39, 0.29) is 26.1 Å². The average molecular weight is 813 g/mol. The van der Waals surface area contributed by atoms with Crippen molar-refractivity contribution in [2.75, 3.05) is 47.5 Å². The number of hydrogen-bond acceptors (Lipinski definition) is 9. The summed E-state index contributed by atoms with van der Waals surface area (Å²) in [7, 11) is 1.43. The van der Waals surface area contributed by atoms with E-state index in [0.717, 1.165) is 108 Å². The van der Waals surface area contributed by atoms with Crippen LogP contribution in [0, 0.1) is 13.8 Å². The minimum Gasteiger partial charge on any atom is -0.466 e. The Hall–Kier alpha value is -2.01. The number of phosphoric ester groups is 1. The largest absolute Gasteiger partial charge is 0.472 e. The van der Waals surface area contributed by atoms with Crippen LogP contribution in [0.25, 0.3) is 0 Å². The number of aryl methyl sites for hydroxylation is 2. The van der Waals surface area contributed by atoms with Gasteiger partial charge in [-0.1, -0.05) is 90.2 Å². The van der Waals surface area contributed by atoms with E-state index in [9.17, 15) is 19.0 Å². The molecule has 1 aliphatic rings. The molecule has 0 radical (unpaired) electrons. The standard InChI is InChI=1S/C44H78NO10P/c1-8-10-11-12-16-22-28-41-42(55-41)29-23-18-15-20-24-30-43(46)50-34-38(35-52-56(48,49)51-33-32-45(5,6)7)53-44(47)31-25-19-14-13-17-21-27-40-37(4)36(3)39(54-40)26-9-2/h16,22,38,41-42H,8-15,17-21,23-35H2,1-7H3/p+1/b22-16-/t38-,41?,42?/m1/s1. The van der Waals surface area contributed by atoms with Gasteiger partial charge in [-0.05, 0) is 76.3 Å². The van der Waals surface area contributed by atoms with Crippen LogP contribution >= 0.6 is 7.82 Å². The van der Waals surface area contributed by atoms with Crippen molar-refractivity contribution in [2.24, 2.45) is 0 Å². The smallest absolute Gasteiger partial charge is 0.466 e. The van der Waals surface area contributed by atoms with Crippen LogP contribution in [0.15, 0.2) is 16.6 Å². The summed E-state index contributed by atoms with van der Waals surface area (Å²) in [5.41, 5.74) is 2.57. The number of phosphoric acid groups is 1. The molecule has 2 heterocycles. The molecule has 3 unspecified atom stereocenters. The number of carbonyl (C=O) groups excluding carboxylic acids is 2. The van der Waals surface area contributed by atoms with E-state index >= 15 is 0 Å². The third kappa shape index (κ3) is 24.0. The second-order valence-electron chi connectivity index (χ2n) is 16.7. The second kappa shape index (κ2) is 28.4. The number of hydrogen-bond donors (Lipinski definition) is 1. The summed E-state index contributed by atoms with van der Waals surface area (Å²) in [6.45, 7) is 8.53. The van der Waals surface area contributed by atoms with Gasteiger partial charge in [0.2, 0.25) is 0 Å². The van der Waals surface area contributed by atoms with Crippen LogP contribution in [0.4, 0.5) is 0 Å². The first-order valence-corrected chi connectivity index (χ1v) is 23.4. The van der Waals surface area contributed by atoms with E-state index < -0.39 is 32.5 Å². The van der Waals surface area contributed by atoms with Gasteiger partial charge in [0.05, 0.1) is 40.0 Å². The van der Waals surface area contributed by atoms with Gasteiger partial charge >= 0.3 is 19.8 Å². The molecule has 0 amide bonds. The van der Waals surface area contributed by atoms with Crippen molar-refractivity contribution in [3.63, 3.8) is 0 Å². The fourth-order valence-electron chi connectivity index (χ4n) is 6.60. The van der Waals surface area contributed by atoms with E-state index in [4.69, 9.17) is 27.7 Å². The SMILES string of the molecule is CCCCC/C=C\CC1OC1CCCCCCCC(=O)OC[C@H](COP(=O)(O)OCC[N+](C)(C)C)OC(=O)CCCCCCCCc1oc(CCC)c(C)c1C. The maximum atomic E-state index is 12.8. The maximum Gasteiger partial charge on any atom is 0.472 e. The molecule has 12 heteroatoms. The summed E-state index contributed by atoms with van der Waals surface area (Å²) in [4.78, 5) is 35.5. The normalized spacial score (nSPS) is 17.3. The number of allylic oxidation sites excluding steroid dienone is 1. The van der Waals surface area contributed by atoms with Gasteiger partial charge < -0.3 is 28.0 Å². The van der Waals surface area contributed by atoms with Crippen LogP contribution < -0.4 is 0 Å². The van der Waals surface area contributed by atoms with E-state index in [0.29, 0.717) is 36.1 Å². The van der Waals surface area contributed by atoms with Crippen LogP contribution in [-0.2, 0) is 50.3 Å². The lowest BCUT2D eigenvalue weighted by Crippen LogP contribution is -2.37. The number of nitrogens with zero attached hydrogens (tertiary/aromatic N) is 1. The first kappa shape index (κ1) is 50.1. The fourth-order valence-corrected chi connectivity index (χ4v) is 7.34. The quantitative estimate of drug-likeness (QED) is 0.0176. The molecule has 1 aromatic rings. The highest BCUT2D eigenvalue weighted by molar-refractivity contribution is 7.47. The van der Waals surface area contributed by atoms with Crippen molar-refractivity contribution in [1.82, 2.24) is 0 Å². The summed E-state index contributed by atoms with van der Waals surface area (Å²) in [5.74, 6) is 1.38. The van der Waals surface area contributed by atoms with Crippen LogP contribution in [-0.4, -0.2) is 87.1 Å². The molecule has 1 N–H and O–H groups in total. The Kier molecular flexibility index (Phi) is 25.4. The summed E-state index contributed by atoms with van der Waals surface area (Å²) in [6.07, 6.45) is 25.6. The Bertz CT molecular complexity index is 1310. The van der Waals surface area contributed by atoms with Gasteiger partial charge in [-0.15, -0.1) is 0 Å². The molecule has 0 aliphatic carbocycles. The number of likely N-dealkylation sites (N-methyl/N-ethyl adjacent to an activating group) is 1. The molecule has 0 bridgehead atoms. The van der Waals surface area contributed by atoms with Crippen LogP contribution in [0.1, 0.15) is 165 Å². The van der Waals surface area contributed by atoms with Crippen LogP contribution in [0.2, 0.25) is 0 Å². The molecule has 1 aromatic heterocycles. The zero-order chi connectivity index (χ0) is 41.2. The molecule has 0 spiro atoms. The number of esters is 2. The third-order valence-electron chi connectivity index (χ3n) is 10.4. The van der Waals surface area contributed by atoms with Gasteiger partial charge in [0, 0.05) is 25.7 Å². The molecule has 0 saturated carbocycles. The van der Waals surface area contributed by atoms with Crippen LogP contribution in [0.5, 0.6) is 0 Å². The van der Waals surface area contributed by atoms with Crippen molar-refractivity contribution in [3.8, 4) is 0 Å². The van der Waals surface area contributed by atoms with E-state index in [1.54, 1.807) is 0 Å². The molecule has 4 atom stereocenters. The minimum absolute atomic E-state index is 0.0184. The number of quaternary nitrogens is 1. The van der Waals surface area contributed by atoms with Gasteiger partial charge in [-0.3, -0.25) is 18.6 Å². The lowest BCUT2D eigenvalue weighted by atomic mass is 10.0. The van der Waals surface area contributed by atoms with Crippen molar-refractivity contribution >= 4 is 19.8 Å². The zero-order valence-electron chi connectivity index (χ0n) is 36.3. The highest BCUT2D eigenvalue weighted by atomic mass is 31.2. The number of furan rings is 1. The Balaban J connectivity index is 1.65. The first-order valence-electron chi connectivity index (χ1n) is 21.9. The summed E-state index contributed by atoms with van der Waals surface area (Å²) < 4.78 is 46.3. The fraction of sp³-hybridized carbons (Fsp3) is 0.818. The molecular formula is C44H79NO10P+. The number of carbonyl (C=O) groups is 2. The number of rotatable bonds is 35. The predicted octanol–water partition coefficient (Wildman–Crippen LogP) is 10.4. The molecule has 1 aliphatic heterocycles. The number of unbranched alkanes of at least 4 members (excludes halogenated alkanes) is 12. The van der Waals surface area contributed by atoms with Crippen molar-refractivity contribution in [3.05, 3.63) is 34.8 Å². The van der Waals surface area contributed by atoms with Gasteiger partial charge in [0.25, 0.3) is 0 Å². The average Bonchev–Trinajstić information content (AvgIpc) is 3.84. The number of ether oxygens (including phenoxy) is 3. The number of epoxide rings is 1. The topological polar surface area (TPSA) is 134 Å². The molecule has 1 fully saturated rings. The second-order valence-corrected chi connectivity index (χ2v) is 18.2. The van der Waals surface area contributed by atoms with E-state index in [1.165, 1.54) is 30.4 Å². The minimum atomic E-state index is -4.40. The third-order valence-corrected chi connectivity index (χ3v) is 11.4. The summed E-state index contributed by atoms with van der Waals surface area (Å²) in [5, 5.41) is 0. The Morgan fingerprint density at radius 1 is 0.750 bits per heavy atom. The van der Waals surface area contributed by atoms with Crippen molar-refractivity contribution in [1.29, 1.82) is 0 Å². The highest BCUT2D eigenvalue weighted by Gasteiger charge is 2.36. The van der Waals surface area contributed by atoms with E-state index in [2.05, 4.69) is 39.8 Å². The first-order chi connectivity index (χ1) is 26.7. The lowest BCUT2D eigenvalue weighted by molar-refractivity contribution is -0.870.